The summed E-state index contributed by atoms with van der Waals surface area (Å²) in [7, 11) is 3.83. The smallest absolute Gasteiger partial charge is 0.147 e. The summed E-state index contributed by atoms with van der Waals surface area (Å²) in [6.45, 7) is 2.85. The summed E-state index contributed by atoms with van der Waals surface area (Å²) in [5.74, 6) is 0.926. The van der Waals surface area contributed by atoms with Crippen LogP contribution in [-0.4, -0.2) is 49.0 Å². The third kappa shape index (κ3) is 4.64. The van der Waals surface area contributed by atoms with E-state index in [1.54, 1.807) is 7.11 Å². The number of halogens is 1. The van der Waals surface area contributed by atoms with Gasteiger partial charge in [0.1, 0.15) is 11.5 Å². The van der Waals surface area contributed by atoms with Crippen LogP contribution in [0.3, 0.4) is 0 Å². The Balaban J connectivity index is 1.78. The molecule has 0 saturated carbocycles. The Labute approximate surface area is 188 Å². The largest absolute Gasteiger partial charge is 0.497 e. The fraction of sp³-hybridized carbons (Fsp3) is 0.400. The van der Waals surface area contributed by atoms with Gasteiger partial charge in [0, 0.05) is 60.0 Å². The first-order chi connectivity index (χ1) is 15.0. The second-order valence-electron chi connectivity index (χ2n) is 8.42. The van der Waals surface area contributed by atoms with E-state index in [1.807, 2.05) is 18.2 Å². The van der Waals surface area contributed by atoms with Gasteiger partial charge in [0.2, 0.25) is 0 Å². The van der Waals surface area contributed by atoms with E-state index in [0.717, 1.165) is 48.8 Å². The molecule has 4 rings (SSSR count). The molecule has 1 aromatic heterocycles. The molecule has 1 aliphatic heterocycles. The van der Waals surface area contributed by atoms with Crippen LogP contribution < -0.4 is 10.5 Å². The topological polar surface area (TPSA) is 60.5 Å². The van der Waals surface area contributed by atoms with Crippen LogP contribution in [-0.2, 0) is 24.2 Å². The lowest BCUT2D eigenvalue weighted by atomic mass is 9.93. The molecular formula is C25H30ClN3O2. The molecule has 164 valence electrons. The van der Waals surface area contributed by atoms with Crippen LogP contribution in [0.15, 0.2) is 42.5 Å². The summed E-state index contributed by atoms with van der Waals surface area (Å²) >= 11 is 6.37. The SMILES string of the molecule is COc1ccc(C(CC(=O)CN)Cn2c3c(c4cc(Cl)ccc42)CCN(C)CC3)cc1. The number of carbonyl (C=O) groups is 1. The fourth-order valence-corrected chi connectivity index (χ4v) is 4.85. The van der Waals surface area contributed by atoms with Gasteiger partial charge in [-0.3, -0.25) is 4.79 Å². The predicted molar refractivity (Wildman–Crippen MR) is 126 cm³/mol. The molecule has 31 heavy (non-hydrogen) atoms. The Hall–Kier alpha value is -2.34. The monoisotopic (exact) mass is 439 g/mol. The maximum Gasteiger partial charge on any atom is 0.147 e. The number of fused-ring (bicyclic) bond motifs is 3. The Morgan fingerprint density at radius 3 is 2.61 bits per heavy atom. The number of likely N-dealkylation sites (N-methyl/N-ethyl adjacent to an activating group) is 1. The number of benzene rings is 2. The van der Waals surface area contributed by atoms with Crippen LogP contribution in [0.5, 0.6) is 5.75 Å². The van der Waals surface area contributed by atoms with E-state index in [4.69, 9.17) is 22.1 Å². The predicted octanol–water partition coefficient (Wildman–Crippen LogP) is 4.04. The number of Topliss-reactive ketones (excluding diaryl/α,β-unsaturated/α-hetero) is 1. The molecule has 0 spiro atoms. The van der Waals surface area contributed by atoms with Crippen LogP contribution in [0, 0.1) is 0 Å². The lowest BCUT2D eigenvalue weighted by molar-refractivity contribution is -0.118. The number of ketones is 1. The van der Waals surface area contributed by atoms with E-state index in [9.17, 15) is 4.79 Å². The number of nitrogens with two attached hydrogens (primary N) is 1. The second kappa shape index (κ2) is 9.43. The van der Waals surface area contributed by atoms with Crippen LogP contribution in [0.25, 0.3) is 10.9 Å². The first kappa shape index (κ1) is 21.9. The molecule has 2 heterocycles. The van der Waals surface area contributed by atoms with Crippen molar-refractivity contribution in [1.29, 1.82) is 0 Å². The number of hydrogen-bond acceptors (Lipinski definition) is 4. The van der Waals surface area contributed by atoms with Crippen molar-refractivity contribution < 1.29 is 9.53 Å². The second-order valence-corrected chi connectivity index (χ2v) is 8.85. The minimum atomic E-state index is 0.0401. The zero-order valence-corrected chi connectivity index (χ0v) is 19.0. The number of nitrogens with zero attached hydrogens (tertiary/aromatic N) is 2. The summed E-state index contributed by atoms with van der Waals surface area (Å²) in [5, 5.41) is 1.99. The van der Waals surface area contributed by atoms with Gasteiger partial charge < -0.3 is 19.9 Å². The molecule has 1 unspecified atom stereocenters. The Kier molecular flexibility index (Phi) is 6.65. The summed E-state index contributed by atoms with van der Waals surface area (Å²) in [5.41, 5.74) is 10.7. The van der Waals surface area contributed by atoms with Crippen molar-refractivity contribution in [2.45, 2.75) is 31.7 Å². The number of methoxy groups -OCH3 is 1. The van der Waals surface area contributed by atoms with Gasteiger partial charge in [0.15, 0.2) is 0 Å². The van der Waals surface area contributed by atoms with Crippen LogP contribution >= 0.6 is 11.6 Å². The number of aromatic nitrogens is 1. The molecule has 2 aromatic carbocycles. The highest BCUT2D eigenvalue weighted by atomic mass is 35.5. The molecule has 0 radical (unpaired) electrons. The van der Waals surface area contributed by atoms with Crippen LogP contribution in [0.2, 0.25) is 5.02 Å². The maximum absolute atomic E-state index is 12.4. The molecule has 1 atom stereocenters. The Morgan fingerprint density at radius 1 is 1.16 bits per heavy atom. The van der Waals surface area contributed by atoms with Gasteiger partial charge in [0.05, 0.1) is 13.7 Å². The van der Waals surface area contributed by atoms with Crippen LogP contribution in [0.4, 0.5) is 0 Å². The molecule has 0 aliphatic carbocycles. The normalized spacial score (nSPS) is 15.5. The molecule has 1 aliphatic rings. The van der Waals surface area contributed by atoms with Gasteiger partial charge >= 0.3 is 0 Å². The highest BCUT2D eigenvalue weighted by Gasteiger charge is 2.24. The average Bonchev–Trinajstić information content (AvgIpc) is 2.92. The standard InChI is InChI=1S/C25H30ClN3O2/c1-28-11-9-22-23-14-19(26)5-8-24(23)29(25(22)10-12-28)16-18(13-20(30)15-27)17-3-6-21(31-2)7-4-17/h3-8,14,18H,9-13,15-16,27H2,1-2H3. The zero-order chi connectivity index (χ0) is 22.0. The average molecular weight is 440 g/mol. The van der Waals surface area contributed by atoms with Crippen molar-refractivity contribution in [3.8, 4) is 5.75 Å². The number of hydrogen-bond donors (Lipinski definition) is 1. The molecule has 0 saturated heterocycles. The maximum atomic E-state index is 12.4. The van der Waals surface area contributed by atoms with Gasteiger partial charge in [-0.15, -0.1) is 0 Å². The van der Waals surface area contributed by atoms with E-state index < -0.39 is 0 Å². The van der Waals surface area contributed by atoms with Gasteiger partial charge in [-0.05, 0) is 54.9 Å². The van der Waals surface area contributed by atoms with Crippen molar-refractivity contribution in [2.24, 2.45) is 5.73 Å². The lowest BCUT2D eigenvalue weighted by Gasteiger charge is -2.21. The van der Waals surface area contributed by atoms with E-state index in [2.05, 4.69) is 40.8 Å². The molecule has 2 N–H and O–H groups in total. The van der Waals surface area contributed by atoms with E-state index in [-0.39, 0.29) is 18.2 Å². The first-order valence-electron chi connectivity index (χ1n) is 10.8. The highest BCUT2D eigenvalue weighted by Crippen LogP contribution is 2.34. The van der Waals surface area contributed by atoms with Crippen molar-refractivity contribution in [2.75, 3.05) is 33.8 Å². The first-order valence-corrected chi connectivity index (χ1v) is 11.2. The molecule has 0 fully saturated rings. The summed E-state index contributed by atoms with van der Waals surface area (Å²) in [4.78, 5) is 14.7. The van der Waals surface area contributed by atoms with Crippen molar-refractivity contribution >= 4 is 28.3 Å². The summed E-state index contributed by atoms with van der Waals surface area (Å²) in [6.07, 6.45) is 2.41. The summed E-state index contributed by atoms with van der Waals surface area (Å²) in [6, 6.07) is 14.2. The fourth-order valence-electron chi connectivity index (χ4n) is 4.68. The molecule has 6 heteroatoms. The zero-order valence-electron chi connectivity index (χ0n) is 18.2. The Bertz CT molecular complexity index is 1070. The van der Waals surface area contributed by atoms with Gasteiger partial charge in [-0.2, -0.15) is 0 Å². The number of carbonyl (C=O) groups excluding carboxylic acids is 1. The number of ether oxygens (including phenoxy) is 1. The van der Waals surface area contributed by atoms with Gasteiger partial charge in [-0.1, -0.05) is 23.7 Å². The molecule has 5 nitrogen and oxygen atoms in total. The van der Waals surface area contributed by atoms with Gasteiger partial charge in [-0.25, -0.2) is 0 Å². The third-order valence-electron chi connectivity index (χ3n) is 6.41. The van der Waals surface area contributed by atoms with Crippen molar-refractivity contribution in [3.63, 3.8) is 0 Å². The molecule has 0 amide bonds. The van der Waals surface area contributed by atoms with Crippen molar-refractivity contribution in [3.05, 3.63) is 64.3 Å². The van der Waals surface area contributed by atoms with E-state index in [1.165, 1.54) is 22.2 Å². The minimum absolute atomic E-state index is 0.0401. The molecule has 0 bridgehead atoms. The van der Waals surface area contributed by atoms with Gasteiger partial charge in [0.25, 0.3) is 0 Å². The van der Waals surface area contributed by atoms with Crippen LogP contribution in [0.1, 0.15) is 29.2 Å². The minimum Gasteiger partial charge on any atom is -0.497 e. The lowest BCUT2D eigenvalue weighted by Crippen LogP contribution is -2.22. The summed E-state index contributed by atoms with van der Waals surface area (Å²) < 4.78 is 7.73. The molecular weight excluding hydrogens is 410 g/mol. The number of rotatable bonds is 7. The Morgan fingerprint density at radius 2 is 1.90 bits per heavy atom. The van der Waals surface area contributed by atoms with Crippen molar-refractivity contribution in [1.82, 2.24) is 9.47 Å². The third-order valence-corrected chi connectivity index (χ3v) is 6.65. The molecule has 3 aromatic rings. The quantitative estimate of drug-likeness (QED) is 0.603. The highest BCUT2D eigenvalue weighted by molar-refractivity contribution is 6.31. The van der Waals surface area contributed by atoms with E-state index >= 15 is 0 Å². The van der Waals surface area contributed by atoms with E-state index in [0.29, 0.717) is 6.42 Å².